The molecule has 0 aliphatic heterocycles. The van der Waals surface area contributed by atoms with Gasteiger partial charge in [-0.25, -0.2) is 4.79 Å². The topological polar surface area (TPSA) is 52.6 Å². The van der Waals surface area contributed by atoms with E-state index in [-0.39, 0.29) is 17.7 Å². The van der Waals surface area contributed by atoms with E-state index in [2.05, 4.69) is 4.74 Å². The maximum atomic E-state index is 11.9. The second-order valence-electron chi connectivity index (χ2n) is 4.27. The molecule has 0 bridgehead atoms. The largest absolute Gasteiger partial charge is 0.465 e. The number of rotatable bonds is 4. The molecule has 0 saturated carbocycles. The molecule has 2 rings (SSSR count). The van der Waals surface area contributed by atoms with Gasteiger partial charge in [-0.15, -0.1) is 0 Å². The van der Waals surface area contributed by atoms with Crippen molar-refractivity contribution in [3.63, 3.8) is 0 Å². The fourth-order valence-electron chi connectivity index (χ4n) is 1.76. The van der Waals surface area contributed by atoms with Crippen molar-refractivity contribution < 1.29 is 19.1 Å². The summed E-state index contributed by atoms with van der Waals surface area (Å²) in [7, 11) is 1.27. The molecule has 2 aromatic carbocycles. The third-order valence-corrected chi connectivity index (χ3v) is 3.03. The van der Waals surface area contributed by atoms with Crippen LogP contribution in [0.3, 0.4) is 0 Å². The lowest BCUT2D eigenvalue weighted by atomic mass is 10.1. The zero-order valence-corrected chi connectivity index (χ0v) is 12.1. The number of hydrogen-bond donors (Lipinski definition) is 0. The number of para-hydroxylation sites is 1. The Bertz CT molecular complexity index is 650. The van der Waals surface area contributed by atoms with E-state index in [1.807, 2.05) is 0 Å². The molecule has 0 aromatic heterocycles. The number of carbonyl (C=O) groups is 2. The first-order valence-electron chi connectivity index (χ1n) is 6.22. The van der Waals surface area contributed by atoms with Gasteiger partial charge in [0.1, 0.15) is 11.3 Å². The summed E-state index contributed by atoms with van der Waals surface area (Å²) in [6.07, 6.45) is 0.0900. The molecular formula is C16H13ClO4. The van der Waals surface area contributed by atoms with E-state index >= 15 is 0 Å². The van der Waals surface area contributed by atoms with Crippen LogP contribution in [0.2, 0.25) is 5.02 Å². The fourth-order valence-corrected chi connectivity index (χ4v) is 1.89. The molecule has 0 radical (unpaired) electrons. The molecule has 0 saturated heterocycles. The van der Waals surface area contributed by atoms with Crippen molar-refractivity contribution in [2.75, 3.05) is 7.11 Å². The summed E-state index contributed by atoms with van der Waals surface area (Å²) in [6.45, 7) is 0. The molecule has 0 unspecified atom stereocenters. The number of halogens is 1. The monoisotopic (exact) mass is 304 g/mol. The fraction of sp³-hybridized carbons (Fsp3) is 0.125. The number of methoxy groups -OCH3 is 1. The molecule has 21 heavy (non-hydrogen) atoms. The van der Waals surface area contributed by atoms with Crippen molar-refractivity contribution in [2.24, 2.45) is 0 Å². The van der Waals surface area contributed by atoms with Crippen molar-refractivity contribution >= 4 is 23.5 Å². The van der Waals surface area contributed by atoms with Crippen molar-refractivity contribution in [1.82, 2.24) is 0 Å². The summed E-state index contributed by atoms with van der Waals surface area (Å²) >= 11 is 5.78. The zero-order valence-electron chi connectivity index (χ0n) is 11.3. The van der Waals surface area contributed by atoms with Gasteiger partial charge in [0, 0.05) is 5.02 Å². The Morgan fingerprint density at radius 2 is 1.71 bits per heavy atom. The van der Waals surface area contributed by atoms with Crippen LogP contribution in [-0.2, 0) is 16.0 Å². The molecule has 2 aromatic rings. The van der Waals surface area contributed by atoms with E-state index in [0.29, 0.717) is 5.02 Å². The van der Waals surface area contributed by atoms with Crippen LogP contribution >= 0.6 is 11.6 Å². The first-order valence-corrected chi connectivity index (χ1v) is 6.60. The molecule has 0 N–H and O–H groups in total. The van der Waals surface area contributed by atoms with Gasteiger partial charge in [-0.2, -0.15) is 0 Å². The molecule has 5 heteroatoms. The summed E-state index contributed by atoms with van der Waals surface area (Å²) in [6, 6.07) is 13.3. The lowest BCUT2D eigenvalue weighted by Crippen LogP contribution is -2.14. The Hall–Kier alpha value is -2.33. The minimum absolute atomic E-state index is 0.0900. The van der Waals surface area contributed by atoms with Gasteiger partial charge in [0.25, 0.3) is 0 Å². The molecular weight excluding hydrogens is 292 g/mol. The summed E-state index contributed by atoms with van der Waals surface area (Å²) in [5.74, 6) is -0.832. The van der Waals surface area contributed by atoms with Crippen LogP contribution in [0.1, 0.15) is 15.9 Å². The van der Waals surface area contributed by atoms with E-state index in [9.17, 15) is 9.59 Å². The highest BCUT2D eigenvalue weighted by Crippen LogP contribution is 2.19. The van der Waals surface area contributed by atoms with Gasteiger partial charge in [0.05, 0.1) is 13.5 Å². The van der Waals surface area contributed by atoms with Crippen LogP contribution in [0.15, 0.2) is 48.5 Å². The van der Waals surface area contributed by atoms with Crippen molar-refractivity contribution in [3.8, 4) is 5.75 Å². The maximum absolute atomic E-state index is 11.9. The third-order valence-electron chi connectivity index (χ3n) is 2.78. The predicted octanol–water partition coefficient (Wildman–Crippen LogP) is 3.27. The number of benzene rings is 2. The number of ether oxygens (including phenoxy) is 2. The minimum Gasteiger partial charge on any atom is -0.465 e. The number of hydrogen-bond acceptors (Lipinski definition) is 4. The Labute approximate surface area is 127 Å². The molecule has 4 nitrogen and oxygen atoms in total. The Kier molecular flexibility index (Phi) is 4.95. The van der Waals surface area contributed by atoms with Crippen LogP contribution in [0.25, 0.3) is 0 Å². The minimum atomic E-state index is -0.551. The van der Waals surface area contributed by atoms with E-state index in [0.717, 1.165) is 5.56 Å². The van der Waals surface area contributed by atoms with Crippen LogP contribution in [0.5, 0.6) is 5.75 Å². The van der Waals surface area contributed by atoms with Crippen LogP contribution < -0.4 is 4.74 Å². The van der Waals surface area contributed by atoms with Crippen molar-refractivity contribution in [2.45, 2.75) is 6.42 Å². The Morgan fingerprint density at radius 3 is 2.38 bits per heavy atom. The molecule has 0 amide bonds. The first kappa shape index (κ1) is 15.1. The molecule has 0 aliphatic carbocycles. The highest BCUT2D eigenvalue weighted by molar-refractivity contribution is 6.30. The second kappa shape index (κ2) is 6.90. The average molecular weight is 305 g/mol. The highest BCUT2D eigenvalue weighted by Gasteiger charge is 2.15. The standard InChI is InChI=1S/C16H13ClO4/c1-20-16(19)13-4-2-3-5-14(13)21-15(18)10-11-6-8-12(17)9-7-11/h2-9H,10H2,1H3. The quantitative estimate of drug-likeness (QED) is 0.642. The second-order valence-corrected chi connectivity index (χ2v) is 4.70. The summed E-state index contributed by atoms with van der Waals surface area (Å²) in [5, 5.41) is 0.600. The highest BCUT2D eigenvalue weighted by atomic mass is 35.5. The van der Waals surface area contributed by atoms with Gasteiger partial charge in [-0.05, 0) is 29.8 Å². The van der Waals surface area contributed by atoms with Crippen LogP contribution in [-0.4, -0.2) is 19.0 Å². The lowest BCUT2D eigenvalue weighted by molar-refractivity contribution is -0.133. The molecule has 0 heterocycles. The number of carbonyl (C=O) groups excluding carboxylic acids is 2. The van der Waals surface area contributed by atoms with Crippen molar-refractivity contribution in [3.05, 3.63) is 64.7 Å². The Morgan fingerprint density at radius 1 is 1.05 bits per heavy atom. The first-order chi connectivity index (χ1) is 10.1. The molecule has 0 fully saturated rings. The SMILES string of the molecule is COC(=O)c1ccccc1OC(=O)Cc1ccc(Cl)cc1. The molecule has 0 atom stereocenters. The van der Waals surface area contributed by atoms with Crippen LogP contribution in [0, 0.1) is 0 Å². The van der Waals surface area contributed by atoms with Gasteiger partial charge in [-0.1, -0.05) is 35.9 Å². The molecule has 0 spiro atoms. The van der Waals surface area contributed by atoms with E-state index in [1.54, 1.807) is 42.5 Å². The van der Waals surface area contributed by atoms with Crippen LogP contribution in [0.4, 0.5) is 0 Å². The van der Waals surface area contributed by atoms with Gasteiger partial charge in [0.2, 0.25) is 0 Å². The van der Waals surface area contributed by atoms with E-state index in [4.69, 9.17) is 16.3 Å². The van der Waals surface area contributed by atoms with E-state index < -0.39 is 11.9 Å². The van der Waals surface area contributed by atoms with Gasteiger partial charge in [-0.3, -0.25) is 4.79 Å². The maximum Gasteiger partial charge on any atom is 0.341 e. The van der Waals surface area contributed by atoms with Gasteiger partial charge < -0.3 is 9.47 Å². The number of esters is 2. The molecule has 0 aliphatic rings. The Balaban J connectivity index is 2.09. The normalized spacial score (nSPS) is 10.0. The third kappa shape index (κ3) is 4.07. The summed E-state index contributed by atoms with van der Waals surface area (Å²) in [4.78, 5) is 23.5. The summed E-state index contributed by atoms with van der Waals surface area (Å²) < 4.78 is 9.87. The van der Waals surface area contributed by atoms with Gasteiger partial charge >= 0.3 is 11.9 Å². The average Bonchev–Trinajstić information content (AvgIpc) is 2.49. The molecule has 108 valence electrons. The zero-order chi connectivity index (χ0) is 15.2. The van der Waals surface area contributed by atoms with E-state index in [1.165, 1.54) is 13.2 Å². The summed E-state index contributed by atoms with van der Waals surface area (Å²) in [5.41, 5.74) is 0.990. The smallest absolute Gasteiger partial charge is 0.341 e. The lowest BCUT2D eigenvalue weighted by Gasteiger charge is -2.08. The predicted molar refractivity (Wildman–Crippen MR) is 78.6 cm³/mol. The van der Waals surface area contributed by atoms with Crippen molar-refractivity contribution in [1.29, 1.82) is 0 Å². The van der Waals surface area contributed by atoms with Gasteiger partial charge in [0.15, 0.2) is 0 Å².